The molecule has 2 heterocycles. The van der Waals surface area contributed by atoms with Crippen molar-refractivity contribution in [2.24, 2.45) is 11.8 Å². The standard InChI is InChI=1S/C27H33N3O5S/c1-19-16-30(20(2)18-31)36(33,34)26-10-9-22(8-7-21-11-13-28-14-12-21)15-24(26)35-25(19)17-29(3)27(32)23-5-4-6-23/h9-15,19-20,23,25,31H,4-6,16-18H2,1-3H3/t19-,20-,25+/m1/s1. The number of likely N-dealkylation sites (N-methyl/N-ethyl adjacent to an activating group) is 1. The molecular weight excluding hydrogens is 478 g/mol. The summed E-state index contributed by atoms with van der Waals surface area (Å²) in [5, 5.41) is 9.80. The first-order chi connectivity index (χ1) is 17.2. The zero-order valence-electron chi connectivity index (χ0n) is 20.9. The lowest BCUT2D eigenvalue weighted by Crippen LogP contribution is -2.50. The fourth-order valence-corrected chi connectivity index (χ4v) is 6.25. The SMILES string of the molecule is C[C@@H]1CN([C@H](C)CO)S(=O)(=O)c2ccc(C#Cc3ccncc3)cc2O[C@H]1CN(C)C(=O)C1CCC1. The summed E-state index contributed by atoms with van der Waals surface area (Å²) in [6.07, 6.45) is 5.77. The van der Waals surface area contributed by atoms with E-state index in [4.69, 9.17) is 4.74 Å². The maximum Gasteiger partial charge on any atom is 0.247 e. The Morgan fingerprint density at radius 2 is 1.92 bits per heavy atom. The Balaban J connectivity index is 1.71. The van der Waals surface area contributed by atoms with Gasteiger partial charge in [0.25, 0.3) is 0 Å². The highest BCUT2D eigenvalue weighted by Gasteiger charge is 2.39. The van der Waals surface area contributed by atoms with Crippen LogP contribution in [-0.2, 0) is 14.8 Å². The van der Waals surface area contributed by atoms with Gasteiger partial charge in [-0.15, -0.1) is 0 Å². The molecule has 9 heteroatoms. The Kier molecular flexibility index (Phi) is 7.98. The molecule has 1 saturated carbocycles. The second kappa shape index (κ2) is 11.0. The highest BCUT2D eigenvalue weighted by molar-refractivity contribution is 7.89. The van der Waals surface area contributed by atoms with Crippen LogP contribution in [0.25, 0.3) is 0 Å². The lowest BCUT2D eigenvalue weighted by Gasteiger charge is -2.38. The van der Waals surface area contributed by atoms with Crippen molar-refractivity contribution in [2.45, 2.75) is 50.2 Å². The number of rotatable bonds is 5. The monoisotopic (exact) mass is 511 g/mol. The number of aliphatic hydroxyl groups excluding tert-OH is 1. The molecule has 192 valence electrons. The number of ether oxygens (including phenoxy) is 1. The molecule has 1 amide bonds. The molecule has 1 aromatic carbocycles. The molecule has 4 rings (SSSR count). The molecule has 3 atom stereocenters. The molecule has 2 aliphatic rings. The molecule has 1 fully saturated rings. The van der Waals surface area contributed by atoms with Crippen molar-refractivity contribution < 1.29 is 23.1 Å². The number of carbonyl (C=O) groups excluding carboxylic acids is 1. The van der Waals surface area contributed by atoms with Crippen molar-refractivity contribution in [3.05, 3.63) is 53.9 Å². The molecule has 1 N–H and O–H groups in total. The molecule has 0 radical (unpaired) electrons. The summed E-state index contributed by atoms with van der Waals surface area (Å²) in [5.41, 5.74) is 1.39. The largest absolute Gasteiger partial charge is 0.487 e. The molecule has 0 spiro atoms. The van der Waals surface area contributed by atoms with Crippen LogP contribution in [0.4, 0.5) is 0 Å². The first-order valence-electron chi connectivity index (χ1n) is 12.3. The van der Waals surface area contributed by atoms with E-state index in [9.17, 15) is 18.3 Å². The van der Waals surface area contributed by atoms with Gasteiger partial charge in [-0.3, -0.25) is 9.78 Å². The first-order valence-corrected chi connectivity index (χ1v) is 13.7. The predicted octanol–water partition coefficient (Wildman–Crippen LogP) is 2.51. The molecule has 0 unspecified atom stereocenters. The molecule has 1 aromatic heterocycles. The van der Waals surface area contributed by atoms with Crippen LogP contribution in [0.5, 0.6) is 5.75 Å². The number of hydrogen-bond donors (Lipinski definition) is 1. The lowest BCUT2D eigenvalue weighted by molar-refractivity contribution is -0.138. The molecule has 0 bridgehead atoms. The number of carbonyl (C=O) groups is 1. The van der Waals surface area contributed by atoms with Gasteiger partial charge in [0.15, 0.2) is 0 Å². The Hall–Kier alpha value is -2.93. The van der Waals surface area contributed by atoms with E-state index in [2.05, 4.69) is 16.8 Å². The minimum atomic E-state index is -3.94. The number of amides is 1. The Morgan fingerprint density at radius 1 is 1.22 bits per heavy atom. The minimum Gasteiger partial charge on any atom is -0.487 e. The number of benzene rings is 1. The Bertz CT molecular complexity index is 1250. The fourth-order valence-electron chi connectivity index (χ4n) is 4.43. The van der Waals surface area contributed by atoms with E-state index in [1.165, 1.54) is 10.4 Å². The van der Waals surface area contributed by atoms with Crippen molar-refractivity contribution >= 4 is 15.9 Å². The molecule has 8 nitrogen and oxygen atoms in total. The third kappa shape index (κ3) is 5.56. The van der Waals surface area contributed by atoms with Crippen LogP contribution in [0.3, 0.4) is 0 Å². The number of nitrogens with zero attached hydrogens (tertiary/aromatic N) is 3. The number of pyridine rings is 1. The molecule has 0 saturated heterocycles. The van der Waals surface area contributed by atoms with Gasteiger partial charge in [0.1, 0.15) is 16.7 Å². The van der Waals surface area contributed by atoms with Gasteiger partial charge < -0.3 is 14.7 Å². The zero-order chi connectivity index (χ0) is 25.9. The van der Waals surface area contributed by atoms with Crippen LogP contribution >= 0.6 is 0 Å². The predicted molar refractivity (Wildman–Crippen MR) is 136 cm³/mol. The van der Waals surface area contributed by atoms with Crippen LogP contribution in [0, 0.1) is 23.7 Å². The lowest BCUT2D eigenvalue weighted by atomic mass is 9.84. The van der Waals surface area contributed by atoms with Gasteiger partial charge in [0.2, 0.25) is 15.9 Å². The number of aromatic nitrogens is 1. The number of fused-ring (bicyclic) bond motifs is 1. The average Bonchev–Trinajstić information content (AvgIpc) is 2.83. The fraction of sp³-hybridized carbons (Fsp3) is 0.481. The molecule has 1 aliphatic heterocycles. The molecular formula is C27H33N3O5S. The third-order valence-electron chi connectivity index (χ3n) is 6.98. The van der Waals surface area contributed by atoms with Crippen molar-refractivity contribution in [3.63, 3.8) is 0 Å². The van der Waals surface area contributed by atoms with Crippen molar-refractivity contribution in [3.8, 4) is 17.6 Å². The average molecular weight is 512 g/mol. The summed E-state index contributed by atoms with van der Waals surface area (Å²) in [4.78, 5) is 18.5. The summed E-state index contributed by atoms with van der Waals surface area (Å²) < 4.78 is 34.9. The van der Waals surface area contributed by atoms with Gasteiger partial charge in [-0.1, -0.05) is 25.2 Å². The van der Waals surface area contributed by atoms with Crippen LogP contribution in [0.15, 0.2) is 47.6 Å². The third-order valence-corrected chi connectivity index (χ3v) is 9.00. The quantitative estimate of drug-likeness (QED) is 0.620. The van der Waals surface area contributed by atoms with E-state index in [1.807, 2.05) is 6.92 Å². The van der Waals surface area contributed by atoms with Crippen molar-refractivity contribution in [1.82, 2.24) is 14.2 Å². The van der Waals surface area contributed by atoms with Gasteiger partial charge in [0.05, 0.1) is 13.2 Å². The van der Waals surface area contributed by atoms with Crippen LogP contribution in [0.2, 0.25) is 0 Å². The summed E-state index contributed by atoms with van der Waals surface area (Å²) in [6, 6.07) is 7.79. The Labute approximate surface area is 213 Å². The normalized spacial score (nSPS) is 22.4. The van der Waals surface area contributed by atoms with E-state index in [0.29, 0.717) is 12.1 Å². The van der Waals surface area contributed by atoms with Crippen LogP contribution in [-0.4, -0.2) is 72.5 Å². The topological polar surface area (TPSA) is 100 Å². The smallest absolute Gasteiger partial charge is 0.247 e. The second-order valence-corrected chi connectivity index (χ2v) is 11.6. The van der Waals surface area contributed by atoms with Gasteiger partial charge in [-0.25, -0.2) is 8.42 Å². The molecule has 2 aromatic rings. The van der Waals surface area contributed by atoms with Gasteiger partial charge >= 0.3 is 0 Å². The van der Waals surface area contributed by atoms with E-state index in [-0.39, 0.29) is 41.5 Å². The van der Waals surface area contributed by atoms with Crippen LogP contribution < -0.4 is 4.74 Å². The van der Waals surface area contributed by atoms with Crippen LogP contribution in [0.1, 0.15) is 44.2 Å². The van der Waals surface area contributed by atoms with Crippen molar-refractivity contribution in [2.75, 3.05) is 26.7 Å². The zero-order valence-corrected chi connectivity index (χ0v) is 21.7. The van der Waals surface area contributed by atoms with Crippen molar-refractivity contribution in [1.29, 1.82) is 0 Å². The van der Waals surface area contributed by atoms with Gasteiger partial charge in [-0.05, 0) is 50.1 Å². The first kappa shape index (κ1) is 26.1. The maximum absolute atomic E-state index is 13.6. The van der Waals surface area contributed by atoms with Gasteiger partial charge in [-0.2, -0.15) is 4.31 Å². The number of sulfonamides is 1. The highest BCUT2D eigenvalue weighted by Crippen LogP contribution is 2.35. The summed E-state index contributed by atoms with van der Waals surface area (Å²) in [7, 11) is -2.16. The highest BCUT2D eigenvalue weighted by atomic mass is 32.2. The minimum absolute atomic E-state index is 0.0298. The van der Waals surface area contributed by atoms with E-state index in [1.54, 1.807) is 55.5 Å². The van der Waals surface area contributed by atoms with E-state index in [0.717, 1.165) is 24.8 Å². The summed E-state index contributed by atoms with van der Waals surface area (Å²) in [5.74, 6) is 6.25. The number of hydrogen-bond acceptors (Lipinski definition) is 6. The van der Waals surface area contributed by atoms with E-state index < -0.39 is 22.2 Å². The number of aliphatic hydroxyl groups is 1. The molecule has 1 aliphatic carbocycles. The maximum atomic E-state index is 13.6. The second-order valence-electron chi connectivity index (χ2n) is 9.73. The summed E-state index contributed by atoms with van der Waals surface area (Å²) >= 11 is 0. The van der Waals surface area contributed by atoms with Gasteiger partial charge in [0, 0.05) is 55.0 Å². The molecule has 36 heavy (non-hydrogen) atoms. The Morgan fingerprint density at radius 3 is 2.56 bits per heavy atom. The van der Waals surface area contributed by atoms with E-state index >= 15 is 0 Å². The summed E-state index contributed by atoms with van der Waals surface area (Å²) in [6.45, 7) is 3.80.